The molecule has 1 aromatic heterocycles. The van der Waals surface area contributed by atoms with Gasteiger partial charge in [-0.1, -0.05) is 11.6 Å². The first kappa shape index (κ1) is 10.4. The number of aryl methyl sites for hydroxylation is 1. The zero-order valence-corrected chi connectivity index (χ0v) is 10.0. The van der Waals surface area contributed by atoms with Crippen LogP contribution in [-0.2, 0) is 5.54 Å². The highest BCUT2D eigenvalue weighted by molar-refractivity contribution is 6.30. The Labute approximate surface area is 94.1 Å². The highest BCUT2D eigenvalue weighted by atomic mass is 35.5. The molecule has 2 rings (SSSR count). The van der Waals surface area contributed by atoms with E-state index in [-0.39, 0.29) is 11.4 Å². The molecular weight excluding hydrogens is 212 g/mol. The summed E-state index contributed by atoms with van der Waals surface area (Å²) in [7, 11) is 1.78. The molecule has 1 aromatic rings. The van der Waals surface area contributed by atoms with Crippen LogP contribution in [0.2, 0.25) is 5.15 Å². The van der Waals surface area contributed by atoms with Crippen molar-refractivity contribution in [3.63, 3.8) is 0 Å². The first-order chi connectivity index (χ1) is 6.85. The molecule has 0 radical (unpaired) electrons. The molecule has 0 atom stereocenters. The monoisotopic (exact) mass is 224 g/mol. The molecule has 0 fully saturated rings. The van der Waals surface area contributed by atoms with E-state index in [1.54, 1.807) is 11.9 Å². The van der Waals surface area contributed by atoms with Crippen LogP contribution >= 0.6 is 11.6 Å². The Morgan fingerprint density at radius 2 is 2.07 bits per heavy atom. The Morgan fingerprint density at radius 1 is 1.47 bits per heavy atom. The van der Waals surface area contributed by atoms with Gasteiger partial charge in [0.1, 0.15) is 5.15 Å². The maximum Gasteiger partial charge on any atom is 0.256 e. The maximum atomic E-state index is 11.9. The number of amides is 1. The number of carbonyl (C=O) groups excluding carboxylic acids is 1. The molecule has 0 aromatic carbocycles. The summed E-state index contributed by atoms with van der Waals surface area (Å²) in [5.74, 6) is 0.0160. The SMILES string of the molecule is Cc1cc2c(nc1Cl)C(C)(C)N(C)C2=O. The van der Waals surface area contributed by atoms with Gasteiger partial charge in [-0.2, -0.15) is 0 Å². The fraction of sp³-hybridized carbons (Fsp3) is 0.455. The van der Waals surface area contributed by atoms with Crippen LogP contribution in [0.1, 0.15) is 35.5 Å². The van der Waals surface area contributed by atoms with Crippen LogP contribution in [0, 0.1) is 6.92 Å². The number of pyridine rings is 1. The quantitative estimate of drug-likeness (QED) is 0.634. The van der Waals surface area contributed by atoms with Crippen molar-refractivity contribution in [1.82, 2.24) is 9.88 Å². The zero-order chi connectivity index (χ0) is 11.4. The summed E-state index contributed by atoms with van der Waals surface area (Å²) in [4.78, 5) is 17.9. The first-order valence-corrected chi connectivity index (χ1v) is 5.19. The van der Waals surface area contributed by atoms with E-state index in [1.165, 1.54) is 0 Å². The van der Waals surface area contributed by atoms with Crippen LogP contribution in [0.5, 0.6) is 0 Å². The van der Waals surface area contributed by atoms with E-state index in [0.29, 0.717) is 10.7 Å². The van der Waals surface area contributed by atoms with E-state index in [2.05, 4.69) is 4.98 Å². The van der Waals surface area contributed by atoms with Crippen molar-refractivity contribution in [1.29, 1.82) is 0 Å². The fourth-order valence-electron chi connectivity index (χ4n) is 1.81. The maximum absolute atomic E-state index is 11.9. The Morgan fingerprint density at radius 3 is 2.67 bits per heavy atom. The molecular formula is C11H13ClN2O. The summed E-state index contributed by atoms with van der Waals surface area (Å²) in [6.07, 6.45) is 0. The van der Waals surface area contributed by atoms with E-state index < -0.39 is 0 Å². The van der Waals surface area contributed by atoms with Gasteiger partial charge in [-0.25, -0.2) is 4.98 Å². The Kier molecular flexibility index (Phi) is 2.05. The smallest absolute Gasteiger partial charge is 0.256 e. The molecule has 1 aliphatic heterocycles. The summed E-state index contributed by atoms with van der Waals surface area (Å²) in [5, 5.41) is 0.477. The molecule has 0 spiro atoms. The average Bonchev–Trinajstić information content (AvgIpc) is 2.32. The summed E-state index contributed by atoms with van der Waals surface area (Å²) in [6, 6.07) is 1.82. The zero-order valence-electron chi connectivity index (χ0n) is 9.26. The van der Waals surface area contributed by atoms with E-state index in [1.807, 2.05) is 26.8 Å². The molecule has 0 N–H and O–H groups in total. The second-order valence-corrected chi connectivity index (χ2v) is 4.77. The minimum Gasteiger partial charge on any atom is -0.331 e. The van der Waals surface area contributed by atoms with Gasteiger partial charge in [0.25, 0.3) is 5.91 Å². The van der Waals surface area contributed by atoms with Crippen molar-refractivity contribution in [2.45, 2.75) is 26.3 Å². The molecule has 0 bridgehead atoms. The van der Waals surface area contributed by atoms with Crippen LogP contribution in [0.15, 0.2) is 6.07 Å². The normalized spacial score (nSPS) is 18.2. The number of fused-ring (bicyclic) bond motifs is 1. The summed E-state index contributed by atoms with van der Waals surface area (Å²) in [6.45, 7) is 5.79. The van der Waals surface area contributed by atoms with Crippen LogP contribution in [0.25, 0.3) is 0 Å². The highest BCUT2D eigenvalue weighted by Crippen LogP contribution is 2.37. The predicted octanol–water partition coefficient (Wildman–Crippen LogP) is 2.36. The Balaban J connectivity index is 2.73. The van der Waals surface area contributed by atoms with Gasteiger partial charge in [-0.05, 0) is 32.4 Å². The number of rotatable bonds is 0. The number of hydrogen-bond acceptors (Lipinski definition) is 2. The molecule has 0 saturated heterocycles. The van der Waals surface area contributed by atoms with Crippen molar-refractivity contribution < 1.29 is 4.79 Å². The first-order valence-electron chi connectivity index (χ1n) is 4.81. The molecule has 3 nitrogen and oxygen atoms in total. The lowest BCUT2D eigenvalue weighted by molar-refractivity contribution is 0.0688. The number of halogens is 1. The van der Waals surface area contributed by atoms with E-state index in [4.69, 9.17) is 11.6 Å². The van der Waals surface area contributed by atoms with Gasteiger partial charge in [-0.15, -0.1) is 0 Å². The number of nitrogens with zero attached hydrogens (tertiary/aromatic N) is 2. The van der Waals surface area contributed by atoms with Gasteiger partial charge in [0.15, 0.2) is 0 Å². The third kappa shape index (κ3) is 1.26. The molecule has 80 valence electrons. The van der Waals surface area contributed by atoms with Crippen molar-refractivity contribution in [2.24, 2.45) is 0 Å². The number of aromatic nitrogens is 1. The average molecular weight is 225 g/mol. The van der Waals surface area contributed by atoms with Crippen molar-refractivity contribution in [3.8, 4) is 0 Å². The molecule has 0 unspecified atom stereocenters. The molecule has 4 heteroatoms. The van der Waals surface area contributed by atoms with Gasteiger partial charge in [-0.3, -0.25) is 4.79 Å². The Bertz CT molecular complexity index is 454. The van der Waals surface area contributed by atoms with Crippen molar-refractivity contribution in [2.75, 3.05) is 7.05 Å². The van der Waals surface area contributed by atoms with Crippen molar-refractivity contribution in [3.05, 3.63) is 28.0 Å². The minimum atomic E-state index is -0.371. The number of hydrogen-bond donors (Lipinski definition) is 0. The van der Waals surface area contributed by atoms with Crippen LogP contribution in [-0.4, -0.2) is 22.8 Å². The van der Waals surface area contributed by atoms with Gasteiger partial charge in [0, 0.05) is 7.05 Å². The lowest BCUT2D eigenvalue weighted by Gasteiger charge is -2.27. The standard InChI is InChI=1S/C11H13ClN2O/c1-6-5-7-8(13-9(6)12)11(2,3)14(4)10(7)15/h5H,1-4H3. The van der Waals surface area contributed by atoms with E-state index in [0.717, 1.165) is 11.3 Å². The largest absolute Gasteiger partial charge is 0.331 e. The summed E-state index contributed by atoms with van der Waals surface area (Å²) < 4.78 is 0. The third-order valence-corrected chi connectivity index (χ3v) is 3.49. The van der Waals surface area contributed by atoms with Gasteiger partial charge >= 0.3 is 0 Å². The summed E-state index contributed by atoms with van der Waals surface area (Å²) in [5.41, 5.74) is 1.91. The molecule has 15 heavy (non-hydrogen) atoms. The molecule has 0 aliphatic carbocycles. The van der Waals surface area contributed by atoms with Crippen LogP contribution in [0.4, 0.5) is 0 Å². The molecule has 1 aliphatic rings. The van der Waals surface area contributed by atoms with E-state index >= 15 is 0 Å². The summed E-state index contributed by atoms with van der Waals surface area (Å²) >= 11 is 5.97. The highest BCUT2D eigenvalue weighted by Gasteiger charge is 2.42. The lowest BCUT2D eigenvalue weighted by Crippen LogP contribution is -2.35. The second kappa shape index (κ2) is 2.95. The van der Waals surface area contributed by atoms with Crippen LogP contribution < -0.4 is 0 Å². The van der Waals surface area contributed by atoms with Crippen LogP contribution in [0.3, 0.4) is 0 Å². The lowest BCUT2D eigenvalue weighted by atomic mass is 9.99. The van der Waals surface area contributed by atoms with E-state index in [9.17, 15) is 4.79 Å². The van der Waals surface area contributed by atoms with Gasteiger partial charge in [0.05, 0.1) is 16.8 Å². The molecule has 0 saturated carbocycles. The Hall–Kier alpha value is -1.09. The molecule has 2 heterocycles. The van der Waals surface area contributed by atoms with Crippen molar-refractivity contribution >= 4 is 17.5 Å². The minimum absolute atomic E-state index is 0.0160. The third-order valence-electron chi connectivity index (χ3n) is 3.10. The fourth-order valence-corrected chi connectivity index (χ4v) is 1.95. The number of carbonyl (C=O) groups is 1. The van der Waals surface area contributed by atoms with Gasteiger partial charge < -0.3 is 4.90 Å². The van der Waals surface area contributed by atoms with Gasteiger partial charge in [0.2, 0.25) is 0 Å². The molecule has 1 amide bonds. The predicted molar refractivity (Wildman–Crippen MR) is 59.1 cm³/mol. The topological polar surface area (TPSA) is 33.2 Å². The second-order valence-electron chi connectivity index (χ2n) is 4.42.